The second kappa shape index (κ2) is 3.40. The first-order valence-corrected chi connectivity index (χ1v) is 3.66. The Morgan fingerprint density at radius 1 is 1.50 bits per heavy atom. The molecule has 0 atom stereocenters. The molecule has 0 saturated heterocycles. The van der Waals surface area contributed by atoms with Crippen LogP contribution < -0.4 is 0 Å². The van der Waals surface area contributed by atoms with Crippen LogP contribution in [0.1, 0.15) is 19.4 Å². The summed E-state index contributed by atoms with van der Waals surface area (Å²) in [7, 11) is 0. The van der Waals surface area contributed by atoms with E-state index < -0.39 is 0 Å². The summed E-state index contributed by atoms with van der Waals surface area (Å²) >= 11 is 0. The van der Waals surface area contributed by atoms with Crippen LogP contribution in [0.25, 0.3) is 0 Å². The molecule has 0 heteroatoms. The highest BCUT2D eigenvalue weighted by Gasteiger charge is 1.94. The smallest absolute Gasteiger partial charge is 0.00640 e. The molecule has 0 aliphatic carbocycles. The van der Waals surface area contributed by atoms with Crippen LogP contribution in [0, 0.1) is 18.1 Å². The normalized spacial score (nSPS) is 10.3. The first-order chi connectivity index (χ1) is 4.79. The van der Waals surface area contributed by atoms with Gasteiger partial charge < -0.3 is 0 Å². The predicted molar refractivity (Wildman–Crippen MR) is 42.7 cm³/mol. The highest BCUT2D eigenvalue weighted by molar-refractivity contribution is 5.12. The van der Waals surface area contributed by atoms with Gasteiger partial charge in [-0.05, 0) is 30.0 Å². The third kappa shape index (κ3) is 2.22. The van der Waals surface area contributed by atoms with Crippen molar-refractivity contribution in [2.24, 2.45) is 5.92 Å². The summed E-state index contributed by atoms with van der Waals surface area (Å²) in [6, 6.07) is 12.0. The highest BCUT2D eigenvalue weighted by atomic mass is 14.0. The summed E-state index contributed by atoms with van der Waals surface area (Å²) < 4.78 is 0. The van der Waals surface area contributed by atoms with E-state index in [-0.39, 0.29) is 0 Å². The molecule has 1 aromatic rings. The second-order valence-corrected chi connectivity index (χ2v) is 2.92. The van der Waals surface area contributed by atoms with E-state index in [0.29, 0.717) is 5.92 Å². The number of benzene rings is 1. The zero-order chi connectivity index (χ0) is 7.40. The average Bonchev–Trinajstić information content (AvgIpc) is 1.88. The van der Waals surface area contributed by atoms with Crippen LogP contribution in [0.2, 0.25) is 0 Å². The van der Waals surface area contributed by atoms with E-state index in [2.05, 4.69) is 32.0 Å². The van der Waals surface area contributed by atoms with E-state index in [1.807, 2.05) is 12.1 Å². The Balaban J connectivity index is 2.59. The fraction of sp³-hybridized carbons (Fsp3) is 0.400. The maximum Gasteiger partial charge on any atom is -0.00640 e. The van der Waals surface area contributed by atoms with Gasteiger partial charge in [0, 0.05) is 0 Å². The van der Waals surface area contributed by atoms with Crippen molar-refractivity contribution < 1.29 is 0 Å². The monoisotopic (exact) mass is 132 g/mol. The molecule has 0 aliphatic heterocycles. The van der Waals surface area contributed by atoms with Crippen molar-refractivity contribution in [2.45, 2.75) is 20.3 Å². The third-order valence-electron chi connectivity index (χ3n) is 1.34. The Morgan fingerprint density at radius 2 is 2.30 bits per heavy atom. The van der Waals surface area contributed by atoms with Crippen LogP contribution in [-0.2, 0) is 6.42 Å². The lowest BCUT2D eigenvalue weighted by molar-refractivity contribution is 0.646. The van der Waals surface area contributed by atoms with Gasteiger partial charge in [0.05, 0.1) is 0 Å². The van der Waals surface area contributed by atoms with Gasteiger partial charge in [-0.1, -0.05) is 32.0 Å². The predicted octanol–water partition coefficient (Wildman–Crippen LogP) is 2.49. The van der Waals surface area contributed by atoms with E-state index >= 15 is 0 Å². The Hall–Kier alpha value is -0.780. The SMILES string of the molecule is CC(C)Cc1[c][c]ccc1. The molecule has 1 rings (SSSR count). The molecule has 0 amide bonds. The molecule has 1 aromatic carbocycles. The van der Waals surface area contributed by atoms with Crippen molar-refractivity contribution >= 4 is 0 Å². The largest absolute Gasteiger partial charge is 0.0625 e. The van der Waals surface area contributed by atoms with E-state index in [9.17, 15) is 0 Å². The van der Waals surface area contributed by atoms with Crippen molar-refractivity contribution in [3.63, 3.8) is 0 Å². The van der Waals surface area contributed by atoms with Gasteiger partial charge in [-0.2, -0.15) is 0 Å². The number of hydrogen-bond acceptors (Lipinski definition) is 0. The van der Waals surface area contributed by atoms with Crippen LogP contribution in [0.3, 0.4) is 0 Å². The van der Waals surface area contributed by atoms with Gasteiger partial charge in [0.1, 0.15) is 0 Å². The van der Waals surface area contributed by atoms with E-state index in [0.717, 1.165) is 6.42 Å². The van der Waals surface area contributed by atoms with Crippen LogP contribution in [0.5, 0.6) is 0 Å². The molecule has 0 bridgehead atoms. The minimum Gasteiger partial charge on any atom is -0.0625 e. The van der Waals surface area contributed by atoms with Crippen LogP contribution >= 0.6 is 0 Å². The highest BCUT2D eigenvalue weighted by Crippen LogP contribution is 2.05. The lowest BCUT2D eigenvalue weighted by Gasteiger charge is -2.01. The van der Waals surface area contributed by atoms with Crippen molar-refractivity contribution in [3.05, 3.63) is 35.9 Å². The van der Waals surface area contributed by atoms with Crippen LogP contribution in [-0.4, -0.2) is 0 Å². The van der Waals surface area contributed by atoms with E-state index in [1.54, 1.807) is 0 Å². The van der Waals surface area contributed by atoms with Gasteiger partial charge in [0.15, 0.2) is 0 Å². The van der Waals surface area contributed by atoms with E-state index in [4.69, 9.17) is 0 Å². The summed E-state index contributed by atoms with van der Waals surface area (Å²) in [6.07, 6.45) is 1.11. The fourth-order valence-corrected chi connectivity index (χ4v) is 0.947. The van der Waals surface area contributed by atoms with Crippen molar-refractivity contribution in [1.82, 2.24) is 0 Å². The van der Waals surface area contributed by atoms with Gasteiger partial charge in [-0.25, -0.2) is 0 Å². The molecular formula is C10H12. The molecule has 10 heavy (non-hydrogen) atoms. The maximum absolute atomic E-state index is 3.07. The lowest BCUT2D eigenvalue weighted by Crippen LogP contribution is -1.92. The van der Waals surface area contributed by atoms with Crippen molar-refractivity contribution in [3.8, 4) is 0 Å². The van der Waals surface area contributed by atoms with E-state index in [1.165, 1.54) is 5.56 Å². The van der Waals surface area contributed by atoms with Gasteiger partial charge in [-0.15, -0.1) is 0 Å². The summed E-state index contributed by atoms with van der Waals surface area (Å²) in [5, 5.41) is 0. The second-order valence-electron chi connectivity index (χ2n) is 2.92. The zero-order valence-electron chi connectivity index (χ0n) is 6.52. The molecule has 0 saturated carbocycles. The fourth-order valence-electron chi connectivity index (χ4n) is 0.947. The minimum absolute atomic E-state index is 0.715. The Kier molecular flexibility index (Phi) is 2.49. The number of rotatable bonds is 2. The summed E-state index contributed by atoms with van der Waals surface area (Å²) in [4.78, 5) is 0. The molecule has 2 radical (unpaired) electrons. The van der Waals surface area contributed by atoms with Crippen LogP contribution in [0.15, 0.2) is 18.2 Å². The first-order valence-electron chi connectivity index (χ1n) is 3.66. The zero-order valence-corrected chi connectivity index (χ0v) is 6.52. The number of hydrogen-bond donors (Lipinski definition) is 0. The maximum atomic E-state index is 3.07. The topological polar surface area (TPSA) is 0 Å². The molecule has 0 aromatic heterocycles. The van der Waals surface area contributed by atoms with Gasteiger partial charge in [-0.3, -0.25) is 0 Å². The molecule has 0 N–H and O–H groups in total. The molecule has 0 unspecified atom stereocenters. The molecule has 0 aliphatic rings. The first kappa shape index (κ1) is 7.33. The molecule has 52 valence electrons. The van der Waals surface area contributed by atoms with Gasteiger partial charge in [0.25, 0.3) is 0 Å². The molecule has 0 heterocycles. The van der Waals surface area contributed by atoms with Crippen LogP contribution in [0.4, 0.5) is 0 Å². The van der Waals surface area contributed by atoms with Gasteiger partial charge >= 0.3 is 0 Å². The summed E-state index contributed by atoms with van der Waals surface area (Å²) in [5.74, 6) is 0.715. The van der Waals surface area contributed by atoms with Crippen molar-refractivity contribution in [1.29, 1.82) is 0 Å². The Morgan fingerprint density at radius 3 is 2.80 bits per heavy atom. The van der Waals surface area contributed by atoms with Gasteiger partial charge in [0.2, 0.25) is 0 Å². The summed E-state index contributed by atoms with van der Waals surface area (Å²) in [6.45, 7) is 4.42. The molecule has 0 spiro atoms. The quantitative estimate of drug-likeness (QED) is 0.580. The molecule has 0 fully saturated rings. The third-order valence-corrected chi connectivity index (χ3v) is 1.34. The Bertz CT molecular complexity index is 174. The van der Waals surface area contributed by atoms with Crippen molar-refractivity contribution in [2.75, 3.05) is 0 Å². The standard InChI is InChI=1S/C10H12/c1-9(2)8-10-6-4-3-5-7-10/h3-4,6,9H,8H2,1-2H3. The molecule has 0 nitrogen and oxygen atoms in total. The Labute approximate surface area is 62.9 Å². The molecular weight excluding hydrogens is 120 g/mol. The minimum atomic E-state index is 0.715. The lowest BCUT2D eigenvalue weighted by atomic mass is 10.0. The average molecular weight is 132 g/mol. The summed E-state index contributed by atoms with van der Waals surface area (Å²) in [5.41, 5.74) is 1.26.